The van der Waals surface area contributed by atoms with Gasteiger partial charge in [-0.15, -0.1) is 0 Å². The molecule has 0 heterocycles. The molecule has 0 fully saturated rings. The summed E-state index contributed by atoms with van der Waals surface area (Å²) < 4.78 is 11.4. The van der Waals surface area contributed by atoms with E-state index in [1.54, 1.807) is 0 Å². The Kier molecular flexibility index (Phi) is 5.90. The number of benzene rings is 2. The average molecular weight is 307 g/mol. The lowest BCUT2D eigenvalue weighted by Crippen LogP contribution is -2.01. The first-order valence-corrected chi connectivity index (χ1v) is 7.34. The van der Waals surface area contributed by atoms with Crippen molar-refractivity contribution in [2.45, 2.75) is 26.6 Å². The van der Waals surface area contributed by atoms with E-state index in [0.29, 0.717) is 24.0 Å². The summed E-state index contributed by atoms with van der Waals surface area (Å²) in [5, 5.41) is 10.1. The van der Waals surface area contributed by atoms with Crippen LogP contribution >= 0.6 is 11.6 Å². The molecule has 0 atom stereocenters. The van der Waals surface area contributed by atoms with Crippen molar-refractivity contribution in [1.29, 1.82) is 0 Å². The molecule has 0 aliphatic carbocycles. The molecule has 0 amide bonds. The van der Waals surface area contributed by atoms with Crippen molar-refractivity contribution in [3.05, 3.63) is 58.6 Å². The van der Waals surface area contributed by atoms with Gasteiger partial charge < -0.3 is 14.6 Å². The minimum absolute atomic E-state index is 0.0705. The van der Waals surface area contributed by atoms with Crippen molar-refractivity contribution in [2.75, 3.05) is 6.61 Å². The molecule has 0 unspecified atom stereocenters. The summed E-state index contributed by atoms with van der Waals surface area (Å²) in [4.78, 5) is 0. The molecule has 0 aliphatic heterocycles. The zero-order valence-corrected chi connectivity index (χ0v) is 12.8. The van der Waals surface area contributed by atoms with Crippen LogP contribution in [0.3, 0.4) is 0 Å². The van der Waals surface area contributed by atoms with Gasteiger partial charge in [-0.2, -0.15) is 0 Å². The highest BCUT2D eigenvalue weighted by Crippen LogP contribution is 2.26. The SMILES string of the molecule is CCCOc1ccc(CO)c(OCc2cccc(Cl)c2)c1. The molecule has 0 saturated heterocycles. The molecule has 0 aromatic heterocycles. The summed E-state index contributed by atoms with van der Waals surface area (Å²) >= 11 is 5.95. The Hall–Kier alpha value is -1.71. The first-order valence-electron chi connectivity index (χ1n) is 6.96. The summed E-state index contributed by atoms with van der Waals surface area (Å²) in [5.41, 5.74) is 1.71. The summed E-state index contributed by atoms with van der Waals surface area (Å²) in [6.45, 7) is 3.04. The maximum atomic E-state index is 9.38. The zero-order valence-electron chi connectivity index (χ0n) is 12.0. The molecular weight excluding hydrogens is 288 g/mol. The van der Waals surface area contributed by atoms with Gasteiger partial charge in [-0.1, -0.05) is 30.7 Å². The summed E-state index contributed by atoms with van der Waals surface area (Å²) in [5.74, 6) is 1.38. The van der Waals surface area contributed by atoms with Crippen molar-refractivity contribution < 1.29 is 14.6 Å². The Morgan fingerprint density at radius 1 is 1.10 bits per heavy atom. The average Bonchev–Trinajstić information content (AvgIpc) is 2.51. The van der Waals surface area contributed by atoms with E-state index < -0.39 is 0 Å². The largest absolute Gasteiger partial charge is 0.493 e. The molecule has 4 heteroatoms. The van der Waals surface area contributed by atoms with Gasteiger partial charge in [0.15, 0.2) is 0 Å². The van der Waals surface area contributed by atoms with Crippen LogP contribution in [-0.2, 0) is 13.2 Å². The first-order chi connectivity index (χ1) is 10.2. The lowest BCUT2D eigenvalue weighted by molar-refractivity contribution is 0.256. The van der Waals surface area contributed by atoms with E-state index in [4.69, 9.17) is 21.1 Å². The number of ether oxygens (including phenoxy) is 2. The fourth-order valence-corrected chi connectivity index (χ4v) is 2.11. The van der Waals surface area contributed by atoms with Gasteiger partial charge in [0.2, 0.25) is 0 Å². The molecule has 0 bridgehead atoms. The molecule has 21 heavy (non-hydrogen) atoms. The molecule has 0 aliphatic rings. The van der Waals surface area contributed by atoms with Crippen molar-refractivity contribution in [3.63, 3.8) is 0 Å². The molecular formula is C17H19ClO3. The van der Waals surface area contributed by atoms with Crippen molar-refractivity contribution in [2.24, 2.45) is 0 Å². The van der Waals surface area contributed by atoms with Crippen LogP contribution in [0, 0.1) is 0 Å². The predicted octanol–water partition coefficient (Wildman–Crippen LogP) is 4.20. The Bertz CT molecular complexity index is 584. The Labute approximate surface area is 130 Å². The maximum absolute atomic E-state index is 9.38. The Balaban J connectivity index is 2.09. The quantitative estimate of drug-likeness (QED) is 0.833. The third-order valence-electron chi connectivity index (χ3n) is 2.97. The minimum atomic E-state index is -0.0705. The molecule has 0 radical (unpaired) electrons. The molecule has 0 saturated carbocycles. The maximum Gasteiger partial charge on any atom is 0.129 e. The highest BCUT2D eigenvalue weighted by molar-refractivity contribution is 6.30. The molecule has 2 aromatic carbocycles. The third kappa shape index (κ3) is 4.66. The number of halogens is 1. The third-order valence-corrected chi connectivity index (χ3v) is 3.20. The number of aliphatic hydroxyl groups is 1. The van der Waals surface area contributed by atoms with Gasteiger partial charge in [0.1, 0.15) is 18.1 Å². The van der Waals surface area contributed by atoms with Crippen LogP contribution in [0.25, 0.3) is 0 Å². The van der Waals surface area contributed by atoms with Crippen molar-refractivity contribution in [1.82, 2.24) is 0 Å². The van der Waals surface area contributed by atoms with E-state index in [1.807, 2.05) is 42.5 Å². The smallest absolute Gasteiger partial charge is 0.129 e. The Morgan fingerprint density at radius 3 is 2.67 bits per heavy atom. The molecule has 2 rings (SSSR count). The topological polar surface area (TPSA) is 38.7 Å². The number of hydrogen-bond donors (Lipinski definition) is 1. The van der Waals surface area contributed by atoms with E-state index in [1.165, 1.54) is 0 Å². The van der Waals surface area contributed by atoms with Crippen molar-refractivity contribution >= 4 is 11.6 Å². The Morgan fingerprint density at radius 2 is 1.95 bits per heavy atom. The summed E-state index contributed by atoms with van der Waals surface area (Å²) in [7, 11) is 0. The summed E-state index contributed by atoms with van der Waals surface area (Å²) in [6, 6.07) is 13.0. The number of hydrogen-bond acceptors (Lipinski definition) is 3. The fraction of sp³-hybridized carbons (Fsp3) is 0.294. The molecule has 112 valence electrons. The van der Waals surface area contributed by atoms with Crippen LogP contribution in [0.5, 0.6) is 11.5 Å². The van der Waals surface area contributed by atoms with E-state index in [-0.39, 0.29) is 6.61 Å². The van der Waals surface area contributed by atoms with E-state index in [0.717, 1.165) is 23.3 Å². The molecule has 1 N–H and O–H groups in total. The molecule has 3 nitrogen and oxygen atoms in total. The van der Waals surface area contributed by atoms with Crippen LogP contribution in [0.4, 0.5) is 0 Å². The van der Waals surface area contributed by atoms with Gasteiger partial charge in [-0.25, -0.2) is 0 Å². The van der Waals surface area contributed by atoms with Gasteiger partial charge in [0.05, 0.1) is 13.2 Å². The first kappa shape index (κ1) is 15.7. The second kappa shape index (κ2) is 7.91. The van der Waals surface area contributed by atoms with Gasteiger partial charge in [-0.3, -0.25) is 0 Å². The molecule has 2 aromatic rings. The number of aliphatic hydroxyl groups excluding tert-OH is 1. The second-order valence-corrected chi connectivity index (χ2v) is 5.13. The highest BCUT2D eigenvalue weighted by Gasteiger charge is 2.06. The van der Waals surface area contributed by atoms with Crippen LogP contribution < -0.4 is 9.47 Å². The van der Waals surface area contributed by atoms with E-state index in [9.17, 15) is 5.11 Å². The van der Waals surface area contributed by atoms with Gasteiger partial charge in [0.25, 0.3) is 0 Å². The summed E-state index contributed by atoms with van der Waals surface area (Å²) in [6.07, 6.45) is 0.945. The van der Waals surface area contributed by atoms with Crippen LogP contribution in [0.1, 0.15) is 24.5 Å². The predicted molar refractivity (Wildman–Crippen MR) is 83.9 cm³/mol. The molecule has 0 spiro atoms. The number of rotatable bonds is 7. The zero-order chi connectivity index (χ0) is 15.1. The van der Waals surface area contributed by atoms with Crippen LogP contribution in [0.15, 0.2) is 42.5 Å². The standard InChI is InChI=1S/C17H19ClO3/c1-2-8-20-16-7-6-14(11-19)17(10-16)21-12-13-4-3-5-15(18)9-13/h3-7,9-10,19H,2,8,11-12H2,1H3. The normalized spacial score (nSPS) is 10.4. The van der Waals surface area contributed by atoms with E-state index >= 15 is 0 Å². The van der Waals surface area contributed by atoms with Gasteiger partial charge in [-0.05, 0) is 36.2 Å². The van der Waals surface area contributed by atoms with Gasteiger partial charge in [0, 0.05) is 16.7 Å². The lowest BCUT2D eigenvalue weighted by atomic mass is 10.2. The van der Waals surface area contributed by atoms with Crippen LogP contribution in [0.2, 0.25) is 5.02 Å². The lowest BCUT2D eigenvalue weighted by Gasteiger charge is -2.13. The highest BCUT2D eigenvalue weighted by atomic mass is 35.5. The monoisotopic (exact) mass is 306 g/mol. The van der Waals surface area contributed by atoms with Crippen LogP contribution in [-0.4, -0.2) is 11.7 Å². The minimum Gasteiger partial charge on any atom is -0.493 e. The van der Waals surface area contributed by atoms with Crippen molar-refractivity contribution in [3.8, 4) is 11.5 Å². The fourth-order valence-electron chi connectivity index (χ4n) is 1.90. The van der Waals surface area contributed by atoms with E-state index in [2.05, 4.69) is 6.92 Å². The second-order valence-electron chi connectivity index (χ2n) is 4.69. The van der Waals surface area contributed by atoms with Gasteiger partial charge >= 0.3 is 0 Å².